The van der Waals surface area contributed by atoms with Gasteiger partial charge in [0.05, 0.1) is 6.20 Å². The van der Waals surface area contributed by atoms with Crippen LogP contribution in [0, 0.1) is 0 Å². The molecule has 0 aromatic carbocycles. The molecule has 0 unspecified atom stereocenters. The highest BCUT2D eigenvalue weighted by molar-refractivity contribution is 5.41. The van der Waals surface area contributed by atoms with E-state index in [0.29, 0.717) is 12.0 Å². The molecule has 15 heavy (non-hydrogen) atoms. The lowest BCUT2D eigenvalue weighted by Gasteiger charge is -2.16. The van der Waals surface area contributed by atoms with Crippen LogP contribution in [-0.2, 0) is 0 Å². The highest BCUT2D eigenvalue weighted by Gasteiger charge is 2.14. The van der Waals surface area contributed by atoms with E-state index >= 15 is 0 Å². The summed E-state index contributed by atoms with van der Waals surface area (Å²) in [4.78, 5) is 6.69. The van der Waals surface area contributed by atoms with Crippen molar-refractivity contribution in [2.24, 2.45) is 0 Å². The summed E-state index contributed by atoms with van der Waals surface area (Å²) in [6.45, 7) is 6.29. The Hall–Kier alpha value is -1.39. The van der Waals surface area contributed by atoms with Gasteiger partial charge in [-0.25, -0.2) is 0 Å². The topological polar surface area (TPSA) is 53.9 Å². The number of aromatic nitrogens is 3. The lowest BCUT2D eigenvalue weighted by Crippen LogP contribution is -2.21. The molecule has 1 fully saturated rings. The summed E-state index contributed by atoms with van der Waals surface area (Å²) < 4.78 is 0. The molecule has 2 heterocycles. The largest absolute Gasteiger partial charge is 0.355 e. The third kappa shape index (κ3) is 2.55. The van der Waals surface area contributed by atoms with Gasteiger partial charge in [-0.15, -0.1) is 5.10 Å². The Morgan fingerprint density at radius 3 is 2.73 bits per heavy atom. The average Bonchev–Trinajstić information content (AvgIpc) is 2.69. The second-order valence-corrected chi connectivity index (χ2v) is 4.13. The Kier molecular flexibility index (Phi) is 2.99. The van der Waals surface area contributed by atoms with Crippen molar-refractivity contribution in [2.75, 3.05) is 23.3 Å². The zero-order valence-electron chi connectivity index (χ0n) is 9.27. The van der Waals surface area contributed by atoms with Crippen molar-refractivity contribution in [3.63, 3.8) is 0 Å². The van der Waals surface area contributed by atoms with Crippen molar-refractivity contribution in [3.8, 4) is 0 Å². The van der Waals surface area contributed by atoms with E-state index in [1.165, 1.54) is 12.8 Å². The molecular weight excluding hydrogens is 190 g/mol. The van der Waals surface area contributed by atoms with Crippen LogP contribution in [0.15, 0.2) is 6.20 Å². The molecule has 5 heteroatoms. The first-order chi connectivity index (χ1) is 7.25. The van der Waals surface area contributed by atoms with Crippen LogP contribution in [0.1, 0.15) is 26.7 Å². The van der Waals surface area contributed by atoms with Crippen LogP contribution in [0.2, 0.25) is 0 Å². The van der Waals surface area contributed by atoms with Crippen molar-refractivity contribution < 1.29 is 0 Å². The lowest BCUT2D eigenvalue weighted by molar-refractivity contribution is 0.834. The Labute approximate surface area is 89.9 Å². The molecular formula is C10H17N5. The first kappa shape index (κ1) is 10.1. The molecule has 2 rings (SSSR count). The summed E-state index contributed by atoms with van der Waals surface area (Å²) in [6.07, 6.45) is 4.23. The van der Waals surface area contributed by atoms with E-state index in [2.05, 4.69) is 39.2 Å². The molecule has 82 valence electrons. The Morgan fingerprint density at radius 1 is 1.33 bits per heavy atom. The summed E-state index contributed by atoms with van der Waals surface area (Å²) >= 11 is 0. The predicted octanol–water partition coefficient (Wildman–Crippen LogP) is 1.29. The van der Waals surface area contributed by atoms with Crippen LogP contribution in [0.25, 0.3) is 0 Å². The van der Waals surface area contributed by atoms with Gasteiger partial charge in [0.15, 0.2) is 5.82 Å². The summed E-state index contributed by atoms with van der Waals surface area (Å²) in [6, 6.07) is 0.334. The lowest BCUT2D eigenvalue weighted by atomic mass is 10.4. The van der Waals surface area contributed by atoms with Gasteiger partial charge in [0.2, 0.25) is 5.95 Å². The first-order valence-corrected chi connectivity index (χ1v) is 5.47. The molecule has 1 N–H and O–H groups in total. The summed E-state index contributed by atoms with van der Waals surface area (Å²) in [5.74, 6) is 1.56. The third-order valence-corrected chi connectivity index (χ3v) is 2.39. The van der Waals surface area contributed by atoms with Crippen LogP contribution in [0.4, 0.5) is 11.8 Å². The average molecular weight is 207 g/mol. The minimum absolute atomic E-state index is 0.334. The molecule has 0 atom stereocenters. The van der Waals surface area contributed by atoms with Crippen LogP contribution in [-0.4, -0.2) is 34.3 Å². The van der Waals surface area contributed by atoms with Gasteiger partial charge in [-0.05, 0) is 26.7 Å². The standard InChI is InChI=1S/C10H17N5/c1-8(2)12-10-13-9(7-11-14-10)15-5-3-4-6-15/h7-8H,3-6H2,1-2H3,(H,12,13,14). The molecule has 1 aliphatic rings. The molecule has 1 aliphatic heterocycles. The quantitative estimate of drug-likeness (QED) is 0.809. The Bertz CT molecular complexity index is 319. The SMILES string of the molecule is CC(C)Nc1nncc(N2CCCC2)n1. The molecule has 0 saturated carbocycles. The predicted molar refractivity (Wildman–Crippen MR) is 60.0 cm³/mol. The van der Waals surface area contributed by atoms with Gasteiger partial charge in [-0.3, -0.25) is 0 Å². The van der Waals surface area contributed by atoms with E-state index < -0.39 is 0 Å². The normalized spacial score (nSPS) is 16.1. The molecule has 1 aromatic rings. The van der Waals surface area contributed by atoms with Gasteiger partial charge >= 0.3 is 0 Å². The van der Waals surface area contributed by atoms with Crippen molar-refractivity contribution in [1.29, 1.82) is 0 Å². The van der Waals surface area contributed by atoms with Crippen molar-refractivity contribution in [1.82, 2.24) is 15.2 Å². The second kappa shape index (κ2) is 4.42. The number of hydrogen-bond acceptors (Lipinski definition) is 5. The minimum Gasteiger partial charge on any atom is -0.355 e. The second-order valence-electron chi connectivity index (χ2n) is 4.13. The maximum atomic E-state index is 4.44. The molecule has 1 aromatic heterocycles. The molecule has 5 nitrogen and oxygen atoms in total. The smallest absolute Gasteiger partial charge is 0.244 e. The van der Waals surface area contributed by atoms with Crippen molar-refractivity contribution >= 4 is 11.8 Å². The zero-order valence-corrected chi connectivity index (χ0v) is 9.27. The molecule has 0 spiro atoms. The van der Waals surface area contributed by atoms with Gasteiger partial charge in [0.1, 0.15) is 0 Å². The van der Waals surface area contributed by atoms with Gasteiger partial charge in [-0.2, -0.15) is 10.1 Å². The highest BCUT2D eigenvalue weighted by atomic mass is 15.3. The molecule has 0 aliphatic carbocycles. The van der Waals surface area contributed by atoms with Gasteiger partial charge < -0.3 is 10.2 Å². The first-order valence-electron chi connectivity index (χ1n) is 5.47. The monoisotopic (exact) mass is 207 g/mol. The number of hydrogen-bond donors (Lipinski definition) is 1. The van der Waals surface area contributed by atoms with E-state index in [0.717, 1.165) is 18.9 Å². The summed E-state index contributed by atoms with van der Waals surface area (Å²) in [5, 5.41) is 11.1. The molecule has 1 saturated heterocycles. The number of nitrogens with zero attached hydrogens (tertiary/aromatic N) is 4. The van der Waals surface area contributed by atoms with Crippen molar-refractivity contribution in [3.05, 3.63) is 6.20 Å². The van der Waals surface area contributed by atoms with Gasteiger partial charge in [0, 0.05) is 19.1 Å². The molecule has 0 amide bonds. The fraction of sp³-hybridized carbons (Fsp3) is 0.700. The molecule has 0 bridgehead atoms. The van der Waals surface area contributed by atoms with Crippen LogP contribution < -0.4 is 10.2 Å². The van der Waals surface area contributed by atoms with Crippen LogP contribution in [0.5, 0.6) is 0 Å². The maximum Gasteiger partial charge on any atom is 0.244 e. The van der Waals surface area contributed by atoms with E-state index in [9.17, 15) is 0 Å². The number of rotatable bonds is 3. The van der Waals surface area contributed by atoms with E-state index in [-0.39, 0.29) is 0 Å². The van der Waals surface area contributed by atoms with E-state index in [4.69, 9.17) is 0 Å². The van der Waals surface area contributed by atoms with E-state index in [1.54, 1.807) is 6.20 Å². The van der Waals surface area contributed by atoms with E-state index in [1.807, 2.05) is 0 Å². The van der Waals surface area contributed by atoms with Crippen LogP contribution >= 0.6 is 0 Å². The fourth-order valence-corrected chi connectivity index (χ4v) is 1.71. The number of nitrogens with one attached hydrogen (secondary N) is 1. The zero-order chi connectivity index (χ0) is 10.7. The Morgan fingerprint density at radius 2 is 2.07 bits per heavy atom. The fourth-order valence-electron chi connectivity index (χ4n) is 1.71. The summed E-state index contributed by atoms with van der Waals surface area (Å²) in [5.41, 5.74) is 0. The third-order valence-electron chi connectivity index (χ3n) is 2.39. The number of anilines is 2. The van der Waals surface area contributed by atoms with Gasteiger partial charge in [0.25, 0.3) is 0 Å². The highest BCUT2D eigenvalue weighted by Crippen LogP contribution is 2.17. The van der Waals surface area contributed by atoms with Gasteiger partial charge in [-0.1, -0.05) is 0 Å². The van der Waals surface area contributed by atoms with Crippen molar-refractivity contribution in [2.45, 2.75) is 32.7 Å². The summed E-state index contributed by atoms with van der Waals surface area (Å²) in [7, 11) is 0. The maximum absolute atomic E-state index is 4.44. The molecule has 0 radical (unpaired) electrons. The van der Waals surface area contributed by atoms with Crippen LogP contribution in [0.3, 0.4) is 0 Å². The Balaban J connectivity index is 2.11. The minimum atomic E-state index is 0.334.